The molecule has 158 valence electrons. The van der Waals surface area contributed by atoms with Crippen LogP contribution in [0.4, 0.5) is 8.78 Å². The number of hydrogen-bond acceptors (Lipinski definition) is 4. The third-order valence-electron chi connectivity index (χ3n) is 4.78. The second kappa shape index (κ2) is 7.56. The summed E-state index contributed by atoms with van der Waals surface area (Å²) in [4.78, 5) is 36.5. The molecule has 0 spiro atoms. The molecule has 31 heavy (non-hydrogen) atoms. The molecule has 0 atom stereocenters. The lowest BCUT2D eigenvalue weighted by molar-refractivity contribution is -0.135. The van der Waals surface area contributed by atoms with Gasteiger partial charge in [-0.2, -0.15) is 0 Å². The Balaban J connectivity index is 2.00. The van der Waals surface area contributed by atoms with Crippen molar-refractivity contribution in [2.75, 3.05) is 6.54 Å². The summed E-state index contributed by atoms with van der Waals surface area (Å²) in [5.41, 5.74) is -0.597. The van der Waals surface area contributed by atoms with Crippen LogP contribution >= 0.6 is 0 Å². The zero-order valence-corrected chi connectivity index (χ0v) is 15.8. The highest BCUT2D eigenvalue weighted by Crippen LogP contribution is 2.29. The first-order valence-electron chi connectivity index (χ1n) is 9.07. The van der Waals surface area contributed by atoms with E-state index in [0.717, 1.165) is 4.68 Å². The molecule has 0 unspecified atom stereocenters. The number of nitrogens with zero attached hydrogens (tertiary/aromatic N) is 2. The number of carbonyl (C=O) groups excluding carboxylic acids is 1. The quantitative estimate of drug-likeness (QED) is 0.452. The van der Waals surface area contributed by atoms with Gasteiger partial charge in [0, 0.05) is 5.39 Å². The first kappa shape index (κ1) is 20.1. The van der Waals surface area contributed by atoms with Gasteiger partial charge in [-0.15, -0.1) is 0 Å². The second-order valence-corrected chi connectivity index (χ2v) is 6.83. The van der Waals surface area contributed by atoms with Gasteiger partial charge in [0.1, 0.15) is 29.3 Å². The Labute approximate surface area is 172 Å². The zero-order chi connectivity index (χ0) is 22.3. The number of benzene rings is 2. The topological polar surface area (TPSA) is 113 Å². The molecule has 0 aliphatic carbocycles. The van der Waals surface area contributed by atoms with Gasteiger partial charge in [0.05, 0.1) is 12.1 Å². The first-order chi connectivity index (χ1) is 14.8. The highest BCUT2D eigenvalue weighted by Gasteiger charge is 2.24. The van der Waals surface area contributed by atoms with Crippen molar-refractivity contribution in [1.29, 1.82) is 0 Å². The highest BCUT2D eigenvalue weighted by molar-refractivity contribution is 6.01. The first-order valence-corrected chi connectivity index (χ1v) is 9.07. The molecule has 4 aromatic rings. The summed E-state index contributed by atoms with van der Waals surface area (Å²) in [7, 11) is 0. The van der Waals surface area contributed by atoms with Crippen molar-refractivity contribution in [2.45, 2.75) is 6.54 Å². The summed E-state index contributed by atoms with van der Waals surface area (Å²) < 4.78 is 29.5. The molecular weight excluding hydrogens is 412 g/mol. The Kier molecular flexibility index (Phi) is 4.90. The molecule has 0 aliphatic heterocycles. The third-order valence-corrected chi connectivity index (χ3v) is 4.78. The summed E-state index contributed by atoms with van der Waals surface area (Å²) in [6, 6.07) is 10.5. The van der Waals surface area contributed by atoms with Gasteiger partial charge in [-0.25, -0.2) is 18.0 Å². The minimum absolute atomic E-state index is 0.0442. The van der Waals surface area contributed by atoms with E-state index >= 15 is 0 Å². The van der Waals surface area contributed by atoms with Crippen LogP contribution in [0.5, 0.6) is 5.75 Å². The zero-order valence-electron chi connectivity index (χ0n) is 15.8. The maximum Gasteiger partial charge on any atom is 0.322 e. The molecule has 2 heterocycles. The third kappa shape index (κ3) is 3.59. The monoisotopic (exact) mass is 427 g/mol. The fourth-order valence-electron chi connectivity index (χ4n) is 3.40. The Hall–Kier alpha value is -4.21. The van der Waals surface area contributed by atoms with Crippen LogP contribution < -0.4 is 10.9 Å². The number of rotatable bonds is 5. The van der Waals surface area contributed by atoms with E-state index < -0.39 is 46.9 Å². The lowest BCUT2D eigenvalue weighted by Crippen LogP contribution is -2.37. The molecule has 0 bridgehead atoms. The van der Waals surface area contributed by atoms with Crippen molar-refractivity contribution >= 4 is 28.3 Å². The van der Waals surface area contributed by atoms with Crippen LogP contribution in [0.25, 0.3) is 16.4 Å². The molecule has 0 saturated heterocycles. The standard InChI is InChI=1S/C21H15F2N3O5/c22-13-3-1-11(2-4-13)10-25-21(31)18(20(30)24-9-17(27)28)19(29)16-8-12-7-14(23)5-6-15(12)26(16)25/h1-8,29H,9-10H2,(H,24,30)(H,27,28). The molecule has 3 N–H and O–H groups in total. The van der Waals surface area contributed by atoms with Crippen molar-refractivity contribution in [3.63, 3.8) is 0 Å². The SMILES string of the molecule is O=C(O)CNC(=O)c1c(O)c2cc3cc(F)ccc3n2n(Cc2ccc(F)cc2)c1=O. The van der Waals surface area contributed by atoms with Crippen molar-refractivity contribution in [3.8, 4) is 5.75 Å². The van der Waals surface area contributed by atoms with Gasteiger partial charge in [-0.1, -0.05) is 12.1 Å². The molecule has 2 aromatic carbocycles. The molecule has 4 rings (SSSR count). The number of carboxylic acids is 1. The van der Waals surface area contributed by atoms with E-state index in [-0.39, 0.29) is 12.1 Å². The lowest BCUT2D eigenvalue weighted by Gasteiger charge is -2.15. The van der Waals surface area contributed by atoms with Crippen LogP contribution in [0.15, 0.2) is 53.3 Å². The maximum absolute atomic E-state index is 13.7. The predicted octanol–water partition coefficient (Wildman–Crippen LogP) is 2.10. The van der Waals surface area contributed by atoms with Gasteiger partial charge < -0.3 is 15.5 Å². The average molecular weight is 427 g/mol. The highest BCUT2D eigenvalue weighted by atomic mass is 19.1. The minimum atomic E-state index is -1.33. The largest absolute Gasteiger partial charge is 0.505 e. The van der Waals surface area contributed by atoms with E-state index in [1.807, 2.05) is 0 Å². The van der Waals surface area contributed by atoms with Gasteiger partial charge in [0.2, 0.25) is 0 Å². The Morgan fingerprint density at radius 2 is 1.65 bits per heavy atom. The van der Waals surface area contributed by atoms with E-state index in [2.05, 4.69) is 5.32 Å². The van der Waals surface area contributed by atoms with E-state index in [0.29, 0.717) is 16.5 Å². The number of carboxylic acid groups (broad SMARTS) is 1. The predicted molar refractivity (Wildman–Crippen MR) is 106 cm³/mol. The molecule has 0 radical (unpaired) electrons. The summed E-state index contributed by atoms with van der Waals surface area (Å²) in [5, 5.41) is 21.9. The van der Waals surface area contributed by atoms with Gasteiger partial charge in [-0.05, 0) is 42.0 Å². The summed E-state index contributed by atoms with van der Waals surface area (Å²) in [6.45, 7) is -0.856. The molecule has 0 saturated carbocycles. The Morgan fingerprint density at radius 1 is 0.968 bits per heavy atom. The van der Waals surface area contributed by atoms with E-state index in [1.165, 1.54) is 53.0 Å². The van der Waals surface area contributed by atoms with Crippen molar-refractivity contribution in [3.05, 3.63) is 81.6 Å². The van der Waals surface area contributed by atoms with Crippen LogP contribution in [-0.4, -0.2) is 37.8 Å². The number of aromatic nitrogens is 2. The van der Waals surface area contributed by atoms with E-state index in [4.69, 9.17) is 5.11 Å². The van der Waals surface area contributed by atoms with Crippen molar-refractivity contribution in [2.24, 2.45) is 0 Å². The Morgan fingerprint density at radius 3 is 2.32 bits per heavy atom. The normalized spacial score (nSPS) is 11.2. The smallest absolute Gasteiger partial charge is 0.322 e. The van der Waals surface area contributed by atoms with Gasteiger partial charge in [0.15, 0.2) is 5.75 Å². The summed E-state index contributed by atoms with van der Waals surface area (Å²) in [5.74, 6) is -4.07. The molecule has 10 heteroatoms. The number of aromatic hydroxyl groups is 1. The molecule has 1 amide bonds. The van der Waals surface area contributed by atoms with Crippen LogP contribution in [-0.2, 0) is 11.3 Å². The maximum atomic E-state index is 13.7. The fourth-order valence-corrected chi connectivity index (χ4v) is 3.40. The second-order valence-electron chi connectivity index (χ2n) is 6.83. The fraction of sp³-hybridized carbons (Fsp3) is 0.0952. The molecule has 0 fully saturated rings. The van der Waals surface area contributed by atoms with Crippen LogP contribution in [0.2, 0.25) is 0 Å². The van der Waals surface area contributed by atoms with Gasteiger partial charge >= 0.3 is 5.97 Å². The van der Waals surface area contributed by atoms with Gasteiger partial charge in [0.25, 0.3) is 11.5 Å². The number of hydrogen-bond donors (Lipinski definition) is 3. The number of amides is 1. The average Bonchev–Trinajstić information content (AvgIpc) is 3.10. The van der Waals surface area contributed by atoms with Crippen molar-refractivity contribution < 1.29 is 28.6 Å². The van der Waals surface area contributed by atoms with E-state index in [9.17, 15) is 28.3 Å². The van der Waals surface area contributed by atoms with E-state index in [1.54, 1.807) is 0 Å². The van der Waals surface area contributed by atoms with Gasteiger partial charge in [-0.3, -0.25) is 14.4 Å². The summed E-state index contributed by atoms with van der Waals surface area (Å²) >= 11 is 0. The molecule has 8 nitrogen and oxygen atoms in total. The van der Waals surface area contributed by atoms with Crippen molar-refractivity contribution in [1.82, 2.24) is 14.5 Å². The van der Waals surface area contributed by atoms with Crippen LogP contribution in [0.3, 0.4) is 0 Å². The van der Waals surface area contributed by atoms with Crippen LogP contribution in [0.1, 0.15) is 15.9 Å². The van der Waals surface area contributed by atoms with Crippen LogP contribution in [0, 0.1) is 11.6 Å². The molecule has 0 aliphatic rings. The number of nitrogens with one attached hydrogen (secondary N) is 1. The summed E-state index contributed by atoms with van der Waals surface area (Å²) in [6.07, 6.45) is 0. The molecule has 2 aromatic heterocycles. The Bertz CT molecular complexity index is 1410. The number of fused-ring (bicyclic) bond motifs is 3. The number of aliphatic carboxylic acids is 1. The lowest BCUT2D eigenvalue weighted by atomic mass is 10.2. The number of carbonyl (C=O) groups is 2. The molecular formula is C21H15F2N3O5. The minimum Gasteiger partial charge on any atom is -0.505 e. The number of halogens is 2.